The Bertz CT molecular complexity index is 722. The molecule has 100 valence electrons. The summed E-state index contributed by atoms with van der Waals surface area (Å²) in [6, 6.07) is 11.6. The van der Waals surface area contributed by atoms with Crippen LogP contribution in [0.5, 0.6) is 5.75 Å². The first-order valence-corrected chi connectivity index (χ1v) is 6.15. The number of amides is 1. The Balaban J connectivity index is 2.13. The highest BCUT2D eigenvalue weighted by molar-refractivity contribution is 6.35. The molecular weight excluding hydrogens is 257 g/mol. The lowest BCUT2D eigenvalue weighted by atomic mass is 10.0. The number of halogens is 1. The Hall–Kier alpha value is -2.62. The SMILES string of the molecule is COc1ccc(F)cc1/C=C1/C(=O)Nc2ccccc21. The molecule has 0 fully saturated rings. The van der Waals surface area contributed by atoms with E-state index >= 15 is 0 Å². The molecule has 0 saturated carbocycles. The average molecular weight is 269 g/mol. The predicted octanol–water partition coefficient (Wildman–Crippen LogP) is 3.33. The first-order chi connectivity index (χ1) is 9.69. The quantitative estimate of drug-likeness (QED) is 0.849. The summed E-state index contributed by atoms with van der Waals surface area (Å²) in [7, 11) is 1.51. The van der Waals surface area contributed by atoms with Crippen molar-refractivity contribution >= 4 is 23.2 Å². The topological polar surface area (TPSA) is 38.3 Å². The summed E-state index contributed by atoms with van der Waals surface area (Å²) in [5, 5.41) is 2.78. The first-order valence-electron chi connectivity index (χ1n) is 6.15. The molecule has 0 bridgehead atoms. The third-order valence-corrected chi connectivity index (χ3v) is 3.20. The molecule has 0 atom stereocenters. The van der Waals surface area contributed by atoms with Crippen molar-refractivity contribution in [2.24, 2.45) is 0 Å². The molecule has 2 aromatic rings. The fraction of sp³-hybridized carbons (Fsp3) is 0.0625. The van der Waals surface area contributed by atoms with Gasteiger partial charge in [-0.3, -0.25) is 4.79 Å². The highest BCUT2D eigenvalue weighted by atomic mass is 19.1. The number of nitrogens with one attached hydrogen (secondary N) is 1. The van der Waals surface area contributed by atoms with Gasteiger partial charge < -0.3 is 10.1 Å². The lowest BCUT2D eigenvalue weighted by Crippen LogP contribution is -2.03. The second-order valence-electron chi connectivity index (χ2n) is 4.44. The van der Waals surface area contributed by atoms with Crippen LogP contribution in [-0.2, 0) is 4.79 Å². The molecule has 1 aliphatic rings. The summed E-state index contributed by atoms with van der Waals surface area (Å²) in [5.41, 5.74) is 2.61. The number of fused-ring (bicyclic) bond motifs is 1. The van der Waals surface area contributed by atoms with Crippen LogP contribution in [0.25, 0.3) is 11.6 Å². The molecule has 3 rings (SSSR count). The second kappa shape index (κ2) is 4.81. The molecule has 1 amide bonds. The average Bonchev–Trinajstić information content (AvgIpc) is 2.76. The summed E-state index contributed by atoms with van der Waals surface area (Å²) in [5.74, 6) is -0.0436. The Morgan fingerprint density at radius 2 is 2.00 bits per heavy atom. The van der Waals surface area contributed by atoms with E-state index in [1.54, 1.807) is 12.1 Å². The van der Waals surface area contributed by atoms with Gasteiger partial charge in [0.25, 0.3) is 5.91 Å². The van der Waals surface area contributed by atoms with Crippen molar-refractivity contribution in [1.82, 2.24) is 0 Å². The third-order valence-electron chi connectivity index (χ3n) is 3.20. The number of hydrogen-bond acceptors (Lipinski definition) is 2. The zero-order chi connectivity index (χ0) is 14.1. The van der Waals surface area contributed by atoms with E-state index in [0.29, 0.717) is 16.9 Å². The van der Waals surface area contributed by atoms with Crippen LogP contribution in [0.15, 0.2) is 42.5 Å². The molecule has 1 heterocycles. The van der Waals surface area contributed by atoms with E-state index in [2.05, 4.69) is 5.32 Å². The van der Waals surface area contributed by atoms with Crippen molar-refractivity contribution in [3.63, 3.8) is 0 Å². The van der Waals surface area contributed by atoms with E-state index in [4.69, 9.17) is 4.74 Å². The van der Waals surface area contributed by atoms with Crippen LogP contribution in [0.1, 0.15) is 11.1 Å². The molecule has 1 N–H and O–H groups in total. The van der Waals surface area contributed by atoms with Gasteiger partial charge in [-0.25, -0.2) is 4.39 Å². The zero-order valence-electron chi connectivity index (χ0n) is 10.8. The van der Waals surface area contributed by atoms with Crippen molar-refractivity contribution in [1.29, 1.82) is 0 Å². The van der Waals surface area contributed by atoms with Crippen molar-refractivity contribution in [2.45, 2.75) is 0 Å². The fourth-order valence-electron chi connectivity index (χ4n) is 2.26. The molecule has 3 nitrogen and oxygen atoms in total. The molecule has 0 unspecified atom stereocenters. The molecule has 0 aliphatic carbocycles. The second-order valence-corrected chi connectivity index (χ2v) is 4.44. The minimum atomic E-state index is -0.371. The largest absolute Gasteiger partial charge is 0.496 e. The molecule has 2 aromatic carbocycles. The highest BCUT2D eigenvalue weighted by Crippen LogP contribution is 2.34. The number of ether oxygens (including phenoxy) is 1. The highest BCUT2D eigenvalue weighted by Gasteiger charge is 2.23. The van der Waals surface area contributed by atoms with Crippen molar-refractivity contribution in [3.8, 4) is 5.75 Å². The van der Waals surface area contributed by atoms with Crippen molar-refractivity contribution in [2.75, 3.05) is 12.4 Å². The zero-order valence-corrected chi connectivity index (χ0v) is 10.8. The predicted molar refractivity (Wildman–Crippen MR) is 75.9 cm³/mol. The smallest absolute Gasteiger partial charge is 0.256 e. The summed E-state index contributed by atoms with van der Waals surface area (Å²) in [4.78, 5) is 12.0. The van der Waals surface area contributed by atoms with Crippen LogP contribution in [0.2, 0.25) is 0 Å². The Morgan fingerprint density at radius 1 is 1.20 bits per heavy atom. The fourth-order valence-corrected chi connectivity index (χ4v) is 2.26. The number of hydrogen-bond donors (Lipinski definition) is 1. The minimum absolute atomic E-state index is 0.197. The lowest BCUT2D eigenvalue weighted by Gasteiger charge is -2.05. The summed E-state index contributed by atoms with van der Waals surface area (Å²) < 4.78 is 18.6. The van der Waals surface area contributed by atoms with E-state index in [0.717, 1.165) is 11.3 Å². The van der Waals surface area contributed by atoms with Crippen LogP contribution in [-0.4, -0.2) is 13.0 Å². The van der Waals surface area contributed by atoms with Gasteiger partial charge in [-0.2, -0.15) is 0 Å². The van der Waals surface area contributed by atoms with Gasteiger partial charge in [0.2, 0.25) is 0 Å². The van der Waals surface area contributed by atoms with Gasteiger partial charge in [0, 0.05) is 22.4 Å². The molecule has 0 spiro atoms. The lowest BCUT2D eigenvalue weighted by molar-refractivity contribution is -0.110. The van der Waals surface area contributed by atoms with Crippen LogP contribution in [0, 0.1) is 5.82 Å². The van der Waals surface area contributed by atoms with E-state index in [1.807, 2.05) is 24.3 Å². The monoisotopic (exact) mass is 269 g/mol. The number of anilines is 1. The standard InChI is InChI=1S/C16H12FNO2/c1-20-15-7-6-11(17)8-10(15)9-13-12-4-2-3-5-14(12)18-16(13)19/h2-9H,1H3,(H,18,19)/b13-9+. The molecule has 1 aliphatic heterocycles. The maximum Gasteiger partial charge on any atom is 0.256 e. The Labute approximate surface area is 115 Å². The van der Waals surface area contributed by atoms with Crippen LogP contribution in [0.3, 0.4) is 0 Å². The number of methoxy groups -OCH3 is 1. The molecule has 0 aromatic heterocycles. The van der Waals surface area contributed by atoms with Crippen molar-refractivity contribution < 1.29 is 13.9 Å². The molecule has 0 radical (unpaired) electrons. The summed E-state index contributed by atoms with van der Waals surface area (Å²) in [6.07, 6.45) is 1.64. The third kappa shape index (κ3) is 2.05. The first kappa shape index (κ1) is 12.4. The van der Waals surface area contributed by atoms with Gasteiger partial charge >= 0.3 is 0 Å². The van der Waals surface area contributed by atoms with E-state index in [1.165, 1.54) is 19.2 Å². The van der Waals surface area contributed by atoms with Gasteiger partial charge in [0.1, 0.15) is 11.6 Å². The number of carbonyl (C=O) groups excluding carboxylic acids is 1. The van der Waals surface area contributed by atoms with E-state index in [-0.39, 0.29) is 11.7 Å². The number of benzene rings is 2. The maximum atomic E-state index is 13.4. The minimum Gasteiger partial charge on any atom is -0.496 e. The summed E-state index contributed by atoms with van der Waals surface area (Å²) in [6.45, 7) is 0. The van der Waals surface area contributed by atoms with Gasteiger partial charge in [-0.15, -0.1) is 0 Å². The van der Waals surface area contributed by atoms with Crippen LogP contribution < -0.4 is 10.1 Å². The molecule has 20 heavy (non-hydrogen) atoms. The van der Waals surface area contributed by atoms with E-state index in [9.17, 15) is 9.18 Å². The summed E-state index contributed by atoms with van der Waals surface area (Å²) >= 11 is 0. The van der Waals surface area contributed by atoms with Gasteiger partial charge in [0.15, 0.2) is 0 Å². The maximum absolute atomic E-state index is 13.4. The molecule has 4 heteroatoms. The van der Waals surface area contributed by atoms with Gasteiger partial charge in [-0.05, 0) is 30.3 Å². The van der Waals surface area contributed by atoms with Crippen molar-refractivity contribution in [3.05, 3.63) is 59.4 Å². The number of para-hydroxylation sites is 1. The molecular formula is C16H12FNO2. The Kier molecular flexibility index (Phi) is 2.99. The number of carbonyl (C=O) groups is 1. The number of rotatable bonds is 2. The Morgan fingerprint density at radius 3 is 2.80 bits per heavy atom. The van der Waals surface area contributed by atoms with E-state index < -0.39 is 0 Å². The van der Waals surface area contributed by atoms with Crippen LogP contribution in [0.4, 0.5) is 10.1 Å². The normalized spacial score (nSPS) is 15.1. The molecule has 0 saturated heterocycles. The van der Waals surface area contributed by atoms with Crippen LogP contribution >= 0.6 is 0 Å². The van der Waals surface area contributed by atoms with Gasteiger partial charge in [0.05, 0.1) is 7.11 Å². The van der Waals surface area contributed by atoms with Gasteiger partial charge in [-0.1, -0.05) is 18.2 Å².